The number of nitrogens with one attached hydrogen (secondary N) is 3. The van der Waals surface area contributed by atoms with Gasteiger partial charge in [-0.05, 0) is 79.6 Å². The van der Waals surface area contributed by atoms with Crippen LogP contribution < -0.4 is 20.7 Å². The number of nitriles is 1. The molecule has 17 heteroatoms. The van der Waals surface area contributed by atoms with Gasteiger partial charge >= 0.3 is 0 Å². The lowest BCUT2D eigenvalue weighted by Crippen LogP contribution is -2.74. The molecule has 4 aromatic rings. The summed E-state index contributed by atoms with van der Waals surface area (Å²) in [6, 6.07) is 20.2. The van der Waals surface area contributed by atoms with Gasteiger partial charge in [0, 0.05) is 67.1 Å². The second kappa shape index (κ2) is 22.4. The summed E-state index contributed by atoms with van der Waals surface area (Å²) in [7, 11) is 0. The van der Waals surface area contributed by atoms with Crippen LogP contribution in [0.5, 0.6) is 5.75 Å². The third kappa shape index (κ3) is 12.2. The van der Waals surface area contributed by atoms with Crippen molar-refractivity contribution in [3.05, 3.63) is 105 Å². The first kappa shape index (κ1) is 54.4. The summed E-state index contributed by atoms with van der Waals surface area (Å²) in [5.41, 5.74) is 5.29. The van der Waals surface area contributed by atoms with E-state index in [1.165, 1.54) is 4.90 Å². The van der Waals surface area contributed by atoms with Gasteiger partial charge < -0.3 is 35.8 Å². The normalized spacial score (nSPS) is 22.8. The number of halogens is 1. The zero-order valence-electron chi connectivity index (χ0n) is 43.0. The Morgan fingerprint density at radius 2 is 1.68 bits per heavy atom. The lowest BCUT2D eigenvalue weighted by Gasteiger charge is -2.63. The highest BCUT2D eigenvalue weighted by molar-refractivity contribution is 7.13. The maximum absolute atomic E-state index is 14.3. The molecule has 3 fully saturated rings. The van der Waals surface area contributed by atoms with E-state index in [-0.39, 0.29) is 78.9 Å². The summed E-state index contributed by atoms with van der Waals surface area (Å²) in [5.74, 6) is -0.699. The molecular weight excluding hydrogens is 952 g/mol. The van der Waals surface area contributed by atoms with Gasteiger partial charge in [0.05, 0.1) is 52.0 Å². The Morgan fingerprint density at radius 3 is 2.29 bits per heavy atom. The van der Waals surface area contributed by atoms with Crippen molar-refractivity contribution in [2.24, 2.45) is 16.2 Å². The van der Waals surface area contributed by atoms with E-state index in [2.05, 4.69) is 59.6 Å². The molecule has 7 rings (SSSR count). The van der Waals surface area contributed by atoms with E-state index in [4.69, 9.17) is 16.3 Å². The topological polar surface area (TPSA) is 200 Å². The van der Waals surface area contributed by atoms with Crippen molar-refractivity contribution in [3.8, 4) is 22.3 Å². The van der Waals surface area contributed by atoms with Crippen LogP contribution in [0.3, 0.4) is 0 Å². The molecule has 4 amide bonds. The van der Waals surface area contributed by atoms with Crippen molar-refractivity contribution in [3.63, 3.8) is 0 Å². The van der Waals surface area contributed by atoms with Crippen molar-refractivity contribution in [2.45, 2.75) is 124 Å². The predicted octanol–water partition coefficient (Wildman–Crippen LogP) is 6.54. The minimum absolute atomic E-state index is 0.0187. The molecule has 1 aliphatic carbocycles. The average Bonchev–Trinajstić information content (AvgIpc) is 3.96. The van der Waals surface area contributed by atoms with Gasteiger partial charge in [0.2, 0.25) is 17.7 Å². The number of thiazole rings is 1. The number of aliphatic hydroxyl groups is 2. The molecule has 386 valence electrons. The second-order valence-electron chi connectivity index (χ2n) is 22.1. The summed E-state index contributed by atoms with van der Waals surface area (Å²) < 4.78 is 6.38. The van der Waals surface area contributed by atoms with E-state index >= 15 is 0 Å². The number of carbonyl (C=O) groups excluding carboxylic acids is 4. The standard InChI is InChI=1S/C55H71ClN8O7S/c1-33(36-16-18-37(19-17-36)46-34(2)58-32-72-46)59-49(69)44-25-41(66)29-64(44)50(70)47(53(3,4)5)60-45(67)30-62-23-24-63(40(28-62)31-65)22-10-11-35-12-14-38(15-13-35)48(68)61-51-54(6,7)52(55(51,8)9)71-42-21-20-39(27-57)43(56)26-42/h12-21,26,32-33,40-41,44,47,51-52,65-66H,10-11,22-25,28-31H2,1-9H3,(H,59,69)(H,60,67)(H,61,68)/t33-,40?,41+,44-,47?,51?,52?/m0/s1. The van der Waals surface area contributed by atoms with E-state index < -0.39 is 29.5 Å². The van der Waals surface area contributed by atoms with E-state index in [0.29, 0.717) is 41.5 Å². The number of likely N-dealkylation sites (tertiary alicyclic amines) is 1. The molecule has 0 spiro atoms. The quantitative estimate of drug-likeness (QED) is 0.0770. The highest BCUT2D eigenvalue weighted by Gasteiger charge is 2.64. The number of ether oxygens (including phenoxy) is 1. The van der Waals surface area contributed by atoms with Crippen molar-refractivity contribution in [1.29, 1.82) is 5.26 Å². The largest absolute Gasteiger partial charge is 0.489 e. The number of amides is 4. The monoisotopic (exact) mass is 1020 g/mol. The number of aryl methyl sites for hydroxylation is 2. The van der Waals surface area contributed by atoms with Crippen LogP contribution in [-0.4, -0.2) is 136 Å². The van der Waals surface area contributed by atoms with Crippen LogP contribution in [0.25, 0.3) is 10.4 Å². The predicted molar refractivity (Wildman–Crippen MR) is 279 cm³/mol. The van der Waals surface area contributed by atoms with Crippen molar-refractivity contribution < 1.29 is 34.1 Å². The Hall–Kier alpha value is -5.41. The summed E-state index contributed by atoms with van der Waals surface area (Å²) in [6.45, 7) is 20.1. The average molecular weight is 1020 g/mol. The first-order valence-electron chi connectivity index (χ1n) is 24.9. The van der Waals surface area contributed by atoms with Gasteiger partial charge in [0.15, 0.2) is 0 Å². The zero-order chi connectivity index (χ0) is 52.3. The molecule has 3 aromatic carbocycles. The van der Waals surface area contributed by atoms with E-state index in [9.17, 15) is 34.7 Å². The third-order valence-corrected chi connectivity index (χ3v) is 16.2. The minimum Gasteiger partial charge on any atom is -0.489 e. The first-order valence-corrected chi connectivity index (χ1v) is 26.2. The summed E-state index contributed by atoms with van der Waals surface area (Å²) >= 11 is 7.84. The number of aliphatic hydroxyl groups excluding tert-OH is 2. The molecule has 3 aliphatic rings. The Balaban J connectivity index is 0.862. The fourth-order valence-corrected chi connectivity index (χ4v) is 12.1. The summed E-state index contributed by atoms with van der Waals surface area (Å²) in [6.07, 6.45) is 0.608. The fraction of sp³-hybridized carbons (Fsp3) is 0.527. The van der Waals surface area contributed by atoms with E-state index in [1.807, 2.05) is 93.6 Å². The number of piperazine rings is 1. The van der Waals surface area contributed by atoms with Crippen LogP contribution >= 0.6 is 22.9 Å². The van der Waals surface area contributed by atoms with Crippen molar-refractivity contribution >= 4 is 46.6 Å². The van der Waals surface area contributed by atoms with Crippen LogP contribution in [-0.2, 0) is 20.8 Å². The number of rotatable bonds is 17. The number of benzene rings is 3. The number of hydrogen-bond acceptors (Lipinski definition) is 12. The van der Waals surface area contributed by atoms with Gasteiger partial charge in [0.1, 0.15) is 30.0 Å². The summed E-state index contributed by atoms with van der Waals surface area (Å²) in [4.78, 5) is 66.4. The number of carbonyl (C=O) groups is 4. The van der Waals surface area contributed by atoms with E-state index in [1.54, 1.807) is 29.5 Å². The Kier molecular flexibility index (Phi) is 16.9. The molecule has 5 N–H and O–H groups in total. The smallest absolute Gasteiger partial charge is 0.251 e. The molecule has 0 bridgehead atoms. The van der Waals surface area contributed by atoms with Crippen LogP contribution in [0.4, 0.5) is 0 Å². The molecule has 72 heavy (non-hydrogen) atoms. The Bertz CT molecular complexity index is 2610. The van der Waals surface area contributed by atoms with Gasteiger partial charge in [-0.15, -0.1) is 11.3 Å². The highest BCUT2D eigenvalue weighted by atomic mass is 35.5. The fourth-order valence-electron chi connectivity index (χ4n) is 11.1. The van der Waals surface area contributed by atoms with Gasteiger partial charge in [-0.3, -0.25) is 29.0 Å². The number of nitrogens with zero attached hydrogens (tertiary/aromatic N) is 5. The second-order valence-corrected chi connectivity index (χ2v) is 23.4. The Morgan fingerprint density at radius 1 is 0.986 bits per heavy atom. The molecule has 5 atom stereocenters. The van der Waals surface area contributed by atoms with Gasteiger partial charge in [-0.2, -0.15) is 5.26 Å². The van der Waals surface area contributed by atoms with E-state index in [0.717, 1.165) is 46.6 Å². The van der Waals surface area contributed by atoms with Crippen LogP contribution in [0, 0.1) is 34.5 Å². The van der Waals surface area contributed by atoms with Crippen LogP contribution in [0.1, 0.15) is 107 Å². The number of hydrogen-bond donors (Lipinski definition) is 5. The number of aromatic nitrogens is 1. The molecule has 1 saturated carbocycles. The molecule has 2 saturated heterocycles. The lowest BCUT2D eigenvalue weighted by atomic mass is 9.49. The molecule has 3 heterocycles. The maximum Gasteiger partial charge on any atom is 0.251 e. The lowest BCUT2D eigenvalue weighted by molar-refractivity contribution is -0.164. The SMILES string of the molecule is Cc1ncsc1-c1ccc([C@H](C)NC(=O)[C@@H]2C[C@@H](O)CN2C(=O)C(NC(=O)CN2CCN(CCCc3ccc(C(=O)NC4C(C)(C)C(Oc5ccc(C#N)c(Cl)c5)C4(C)C)cc3)C(CO)C2)C(C)(C)C)cc1. The first-order chi connectivity index (χ1) is 34.0. The molecule has 1 aromatic heterocycles. The number of β-amino-alcohol motifs (C(OH)–C–C–N with tert-alkyl or cyclic N) is 1. The molecule has 0 radical (unpaired) electrons. The Labute approximate surface area is 433 Å². The molecule has 15 nitrogen and oxygen atoms in total. The third-order valence-electron chi connectivity index (χ3n) is 14.9. The van der Waals surface area contributed by atoms with Gasteiger partial charge in [-0.25, -0.2) is 4.98 Å². The van der Waals surface area contributed by atoms with Crippen molar-refractivity contribution in [1.82, 2.24) is 35.6 Å². The van der Waals surface area contributed by atoms with Crippen LogP contribution in [0.2, 0.25) is 5.02 Å². The van der Waals surface area contributed by atoms with Crippen molar-refractivity contribution in [2.75, 3.05) is 45.9 Å². The molecule has 2 aliphatic heterocycles. The van der Waals surface area contributed by atoms with Gasteiger partial charge in [0.25, 0.3) is 5.91 Å². The molecular formula is C55H71ClN8O7S. The highest BCUT2D eigenvalue weighted by Crippen LogP contribution is 2.55. The maximum atomic E-state index is 14.3. The van der Waals surface area contributed by atoms with Crippen LogP contribution in [0.15, 0.2) is 72.2 Å². The minimum atomic E-state index is -0.957. The van der Waals surface area contributed by atoms with Gasteiger partial charge in [-0.1, -0.05) is 96.5 Å². The summed E-state index contributed by atoms with van der Waals surface area (Å²) in [5, 5.41) is 40.1. The molecule has 2 unspecified atom stereocenters. The zero-order valence-corrected chi connectivity index (χ0v) is 44.6.